The Bertz CT molecular complexity index is 733. The van der Waals surface area contributed by atoms with E-state index in [1.165, 1.54) is 6.33 Å². The third kappa shape index (κ3) is 4.16. The predicted octanol–water partition coefficient (Wildman–Crippen LogP) is 3.44. The summed E-state index contributed by atoms with van der Waals surface area (Å²) in [6.45, 7) is 1.32. The Hall–Kier alpha value is -1.40. The van der Waals surface area contributed by atoms with Gasteiger partial charge in [0, 0.05) is 24.7 Å². The summed E-state index contributed by atoms with van der Waals surface area (Å²) in [6, 6.07) is 7.09. The Balaban J connectivity index is 0.00000208. The number of nitrogens with zero attached hydrogens (tertiary/aromatic N) is 3. The summed E-state index contributed by atoms with van der Waals surface area (Å²) in [5.74, 6) is -0.0967. The molecule has 1 aliphatic heterocycles. The van der Waals surface area contributed by atoms with E-state index in [-0.39, 0.29) is 24.4 Å². The van der Waals surface area contributed by atoms with Gasteiger partial charge < -0.3 is 10.6 Å². The number of carbonyl (C=O) groups is 1. The molecule has 8 heteroatoms. The number of aromatic nitrogens is 2. The summed E-state index contributed by atoms with van der Waals surface area (Å²) >= 11 is 12.0. The molecule has 3 rings (SSSR count). The van der Waals surface area contributed by atoms with E-state index in [9.17, 15) is 4.79 Å². The molecule has 1 fully saturated rings. The van der Waals surface area contributed by atoms with Crippen LogP contribution in [0, 0.1) is 0 Å². The van der Waals surface area contributed by atoms with Gasteiger partial charge in [-0.3, -0.25) is 4.79 Å². The number of rotatable bonds is 2. The number of benzene rings is 1. The minimum absolute atomic E-state index is 0. The molecule has 128 valence electrons. The first-order chi connectivity index (χ1) is 11.0. The standard InChI is InChI=1S/C16H16Cl2N4O.ClH/c17-12-2-1-10(7-13(12)18)14-8-15(21-9-20-14)16(23)22-5-3-11(19)4-6-22;/h1-2,7-9,11H,3-6,19H2;1H. The molecule has 1 aliphatic rings. The molecule has 2 heterocycles. The minimum atomic E-state index is -0.0967. The Labute approximate surface area is 156 Å². The Morgan fingerprint density at radius 1 is 1.12 bits per heavy atom. The monoisotopic (exact) mass is 386 g/mol. The molecule has 0 spiro atoms. The van der Waals surface area contributed by atoms with E-state index in [2.05, 4.69) is 9.97 Å². The fraction of sp³-hybridized carbons (Fsp3) is 0.312. The number of hydrogen-bond acceptors (Lipinski definition) is 4. The van der Waals surface area contributed by atoms with Crippen molar-refractivity contribution in [2.24, 2.45) is 5.73 Å². The van der Waals surface area contributed by atoms with E-state index in [4.69, 9.17) is 28.9 Å². The van der Waals surface area contributed by atoms with Crippen LogP contribution in [0.25, 0.3) is 11.3 Å². The summed E-state index contributed by atoms with van der Waals surface area (Å²) in [5, 5.41) is 0.922. The molecular weight excluding hydrogens is 371 g/mol. The van der Waals surface area contributed by atoms with Crippen molar-refractivity contribution in [2.45, 2.75) is 18.9 Å². The van der Waals surface area contributed by atoms with Crippen LogP contribution in [0.2, 0.25) is 10.0 Å². The smallest absolute Gasteiger partial charge is 0.272 e. The lowest BCUT2D eigenvalue weighted by molar-refractivity contribution is 0.0708. The van der Waals surface area contributed by atoms with Crippen LogP contribution in [0.1, 0.15) is 23.3 Å². The zero-order valence-corrected chi connectivity index (χ0v) is 15.1. The first-order valence-electron chi connectivity index (χ1n) is 7.37. The van der Waals surface area contributed by atoms with Crippen LogP contribution in [0.3, 0.4) is 0 Å². The van der Waals surface area contributed by atoms with Crippen LogP contribution in [0.5, 0.6) is 0 Å². The summed E-state index contributed by atoms with van der Waals surface area (Å²) in [6.07, 6.45) is 3.02. The van der Waals surface area contributed by atoms with Crippen LogP contribution in [0.4, 0.5) is 0 Å². The number of piperidine rings is 1. The lowest BCUT2D eigenvalue weighted by Crippen LogP contribution is -2.43. The molecule has 0 saturated carbocycles. The number of likely N-dealkylation sites (tertiary alicyclic amines) is 1. The second-order valence-electron chi connectivity index (χ2n) is 5.55. The lowest BCUT2D eigenvalue weighted by Gasteiger charge is -2.29. The van der Waals surface area contributed by atoms with Gasteiger partial charge in [-0.15, -0.1) is 12.4 Å². The summed E-state index contributed by atoms with van der Waals surface area (Å²) < 4.78 is 0. The van der Waals surface area contributed by atoms with Gasteiger partial charge in [0.05, 0.1) is 15.7 Å². The summed E-state index contributed by atoms with van der Waals surface area (Å²) in [5.41, 5.74) is 7.67. The summed E-state index contributed by atoms with van der Waals surface area (Å²) in [7, 11) is 0. The molecule has 0 radical (unpaired) electrons. The molecule has 24 heavy (non-hydrogen) atoms. The molecular formula is C16H17Cl3N4O. The van der Waals surface area contributed by atoms with Gasteiger partial charge in [0.2, 0.25) is 0 Å². The van der Waals surface area contributed by atoms with Gasteiger partial charge in [-0.2, -0.15) is 0 Å². The Morgan fingerprint density at radius 3 is 2.50 bits per heavy atom. The van der Waals surface area contributed by atoms with Gasteiger partial charge in [0.15, 0.2) is 0 Å². The van der Waals surface area contributed by atoms with Crippen molar-refractivity contribution in [1.82, 2.24) is 14.9 Å². The van der Waals surface area contributed by atoms with Gasteiger partial charge >= 0.3 is 0 Å². The second-order valence-corrected chi connectivity index (χ2v) is 6.36. The first kappa shape index (κ1) is 18.9. The van der Waals surface area contributed by atoms with E-state index in [1.807, 2.05) is 6.07 Å². The lowest BCUT2D eigenvalue weighted by atomic mass is 10.1. The molecule has 0 bridgehead atoms. The van der Waals surface area contributed by atoms with E-state index in [1.54, 1.807) is 23.1 Å². The van der Waals surface area contributed by atoms with Crippen molar-refractivity contribution in [3.05, 3.63) is 46.3 Å². The van der Waals surface area contributed by atoms with Crippen LogP contribution in [0.15, 0.2) is 30.6 Å². The van der Waals surface area contributed by atoms with Crippen molar-refractivity contribution in [3.63, 3.8) is 0 Å². The number of carbonyl (C=O) groups excluding carboxylic acids is 1. The zero-order valence-electron chi connectivity index (χ0n) is 12.8. The highest BCUT2D eigenvalue weighted by molar-refractivity contribution is 6.42. The molecule has 1 aromatic heterocycles. The first-order valence-corrected chi connectivity index (χ1v) is 8.12. The highest BCUT2D eigenvalue weighted by atomic mass is 35.5. The van der Waals surface area contributed by atoms with E-state index in [0.717, 1.165) is 18.4 Å². The van der Waals surface area contributed by atoms with Crippen LogP contribution < -0.4 is 5.73 Å². The third-order valence-electron chi connectivity index (χ3n) is 3.93. The molecule has 1 saturated heterocycles. The molecule has 5 nitrogen and oxygen atoms in total. The van der Waals surface area contributed by atoms with Gasteiger partial charge in [-0.1, -0.05) is 29.3 Å². The van der Waals surface area contributed by atoms with Crippen LogP contribution >= 0.6 is 35.6 Å². The highest BCUT2D eigenvalue weighted by Gasteiger charge is 2.23. The van der Waals surface area contributed by atoms with Crippen molar-refractivity contribution in [3.8, 4) is 11.3 Å². The molecule has 2 N–H and O–H groups in total. The Kier molecular flexibility index (Phi) is 6.40. The maximum atomic E-state index is 12.6. The largest absolute Gasteiger partial charge is 0.337 e. The normalized spacial score (nSPS) is 15.0. The van der Waals surface area contributed by atoms with Crippen molar-refractivity contribution in [2.75, 3.05) is 13.1 Å². The molecule has 1 amide bonds. The summed E-state index contributed by atoms with van der Waals surface area (Å²) in [4.78, 5) is 22.7. The third-order valence-corrected chi connectivity index (χ3v) is 4.67. The highest BCUT2D eigenvalue weighted by Crippen LogP contribution is 2.27. The number of nitrogens with two attached hydrogens (primary N) is 1. The molecule has 0 unspecified atom stereocenters. The fourth-order valence-corrected chi connectivity index (χ4v) is 2.85. The van der Waals surface area contributed by atoms with E-state index in [0.29, 0.717) is 34.5 Å². The maximum Gasteiger partial charge on any atom is 0.272 e. The SMILES string of the molecule is Cl.NC1CCN(C(=O)c2cc(-c3ccc(Cl)c(Cl)c3)ncn2)CC1. The van der Waals surface area contributed by atoms with E-state index < -0.39 is 0 Å². The molecule has 2 aromatic rings. The predicted molar refractivity (Wildman–Crippen MR) is 97.8 cm³/mol. The Morgan fingerprint density at radius 2 is 1.83 bits per heavy atom. The zero-order chi connectivity index (χ0) is 16.4. The second kappa shape index (κ2) is 8.12. The topological polar surface area (TPSA) is 72.1 Å². The van der Waals surface area contributed by atoms with Gasteiger partial charge in [-0.05, 0) is 31.0 Å². The molecule has 0 atom stereocenters. The van der Waals surface area contributed by atoms with Crippen LogP contribution in [-0.4, -0.2) is 39.9 Å². The maximum absolute atomic E-state index is 12.6. The number of amides is 1. The molecule has 1 aromatic carbocycles. The van der Waals surface area contributed by atoms with Crippen molar-refractivity contribution >= 4 is 41.5 Å². The van der Waals surface area contributed by atoms with Crippen molar-refractivity contribution in [1.29, 1.82) is 0 Å². The van der Waals surface area contributed by atoms with Gasteiger partial charge in [0.25, 0.3) is 5.91 Å². The van der Waals surface area contributed by atoms with Gasteiger partial charge in [-0.25, -0.2) is 9.97 Å². The minimum Gasteiger partial charge on any atom is -0.337 e. The average molecular weight is 388 g/mol. The van der Waals surface area contributed by atoms with Crippen LogP contribution in [-0.2, 0) is 0 Å². The van der Waals surface area contributed by atoms with Crippen molar-refractivity contribution < 1.29 is 4.79 Å². The molecule has 0 aliphatic carbocycles. The van der Waals surface area contributed by atoms with Gasteiger partial charge in [0.1, 0.15) is 12.0 Å². The number of halogens is 3. The number of hydrogen-bond donors (Lipinski definition) is 1. The van der Waals surface area contributed by atoms with E-state index >= 15 is 0 Å². The quantitative estimate of drug-likeness (QED) is 0.857. The fourth-order valence-electron chi connectivity index (χ4n) is 2.55. The average Bonchev–Trinajstić information content (AvgIpc) is 2.57.